The third-order valence-electron chi connectivity index (χ3n) is 3.51. The summed E-state index contributed by atoms with van der Waals surface area (Å²) in [6.07, 6.45) is 8.57. The van der Waals surface area contributed by atoms with E-state index < -0.39 is 0 Å². The standard InChI is InChI=1S/C14H20O3/c1-10(2)14(15)17-8-7-16-13-9-11-3-5-12(13)6-4-11/h3,5,11-13H,1,4,6-9H2,2H3. The van der Waals surface area contributed by atoms with Crippen LogP contribution in [0.3, 0.4) is 0 Å². The van der Waals surface area contributed by atoms with Gasteiger partial charge in [-0.25, -0.2) is 4.79 Å². The van der Waals surface area contributed by atoms with Gasteiger partial charge in [0, 0.05) is 11.5 Å². The predicted molar refractivity (Wildman–Crippen MR) is 65.5 cm³/mol. The van der Waals surface area contributed by atoms with Gasteiger partial charge >= 0.3 is 5.97 Å². The first-order chi connectivity index (χ1) is 8.16. The Morgan fingerprint density at radius 3 is 2.71 bits per heavy atom. The Balaban J connectivity index is 1.65. The highest BCUT2D eigenvalue weighted by Crippen LogP contribution is 2.37. The van der Waals surface area contributed by atoms with Gasteiger partial charge in [-0.2, -0.15) is 0 Å². The van der Waals surface area contributed by atoms with Crippen molar-refractivity contribution in [1.29, 1.82) is 0 Å². The maximum Gasteiger partial charge on any atom is 0.333 e. The summed E-state index contributed by atoms with van der Waals surface area (Å²) in [6.45, 7) is 5.99. The highest BCUT2D eigenvalue weighted by Gasteiger charge is 2.32. The predicted octanol–water partition coefficient (Wildman–Crippen LogP) is 2.48. The van der Waals surface area contributed by atoms with E-state index in [9.17, 15) is 4.79 Å². The van der Waals surface area contributed by atoms with Crippen molar-refractivity contribution in [1.82, 2.24) is 0 Å². The average molecular weight is 236 g/mol. The zero-order chi connectivity index (χ0) is 12.3. The molecule has 3 aliphatic carbocycles. The van der Waals surface area contributed by atoms with E-state index in [4.69, 9.17) is 9.47 Å². The molecule has 2 bridgehead atoms. The number of hydrogen-bond donors (Lipinski definition) is 0. The maximum absolute atomic E-state index is 11.1. The second-order valence-electron chi connectivity index (χ2n) is 4.95. The Bertz CT molecular complexity index is 332. The van der Waals surface area contributed by atoms with E-state index in [1.54, 1.807) is 6.92 Å². The lowest BCUT2D eigenvalue weighted by molar-refractivity contribution is -0.141. The highest BCUT2D eigenvalue weighted by molar-refractivity contribution is 5.86. The molecule has 1 saturated carbocycles. The van der Waals surface area contributed by atoms with Crippen molar-refractivity contribution in [3.8, 4) is 0 Å². The number of fused-ring (bicyclic) bond motifs is 2. The van der Waals surface area contributed by atoms with Gasteiger partial charge in [-0.05, 0) is 32.1 Å². The summed E-state index contributed by atoms with van der Waals surface area (Å²) in [6, 6.07) is 0. The van der Waals surface area contributed by atoms with Gasteiger partial charge in [-0.15, -0.1) is 0 Å². The van der Waals surface area contributed by atoms with Gasteiger partial charge in [-0.1, -0.05) is 18.7 Å². The number of carbonyl (C=O) groups excluding carboxylic acids is 1. The number of rotatable bonds is 5. The summed E-state index contributed by atoms with van der Waals surface area (Å²) in [5, 5.41) is 0. The molecular formula is C14H20O3. The molecule has 0 heterocycles. The molecule has 0 radical (unpaired) electrons. The molecular weight excluding hydrogens is 216 g/mol. The van der Waals surface area contributed by atoms with Crippen molar-refractivity contribution < 1.29 is 14.3 Å². The zero-order valence-electron chi connectivity index (χ0n) is 10.4. The summed E-state index contributed by atoms with van der Waals surface area (Å²) >= 11 is 0. The first-order valence-electron chi connectivity index (χ1n) is 6.29. The van der Waals surface area contributed by atoms with E-state index in [0.717, 1.165) is 6.42 Å². The molecule has 3 nitrogen and oxygen atoms in total. The van der Waals surface area contributed by atoms with Crippen molar-refractivity contribution in [3.05, 3.63) is 24.3 Å². The lowest BCUT2D eigenvalue weighted by Crippen LogP contribution is -2.34. The van der Waals surface area contributed by atoms with Crippen LogP contribution in [-0.4, -0.2) is 25.3 Å². The Kier molecular flexibility index (Phi) is 4.00. The molecule has 0 spiro atoms. The second-order valence-corrected chi connectivity index (χ2v) is 4.95. The first-order valence-corrected chi connectivity index (χ1v) is 6.29. The number of esters is 1. The van der Waals surface area contributed by atoms with Gasteiger partial charge in [0.1, 0.15) is 6.61 Å². The van der Waals surface area contributed by atoms with Crippen LogP contribution in [-0.2, 0) is 14.3 Å². The third kappa shape index (κ3) is 3.19. The van der Waals surface area contributed by atoms with Gasteiger partial charge in [0.2, 0.25) is 0 Å². The molecule has 3 heteroatoms. The van der Waals surface area contributed by atoms with E-state index in [2.05, 4.69) is 18.7 Å². The molecule has 3 rings (SSSR count). The van der Waals surface area contributed by atoms with Crippen LogP contribution >= 0.6 is 0 Å². The monoisotopic (exact) mass is 236 g/mol. The minimum Gasteiger partial charge on any atom is -0.460 e. The molecule has 3 unspecified atom stereocenters. The molecule has 3 atom stereocenters. The van der Waals surface area contributed by atoms with Crippen LogP contribution in [0.25, 0.3) is 0 Å². The molecule has 0 amide bonds. The van der Waals surface area contributed by atoms with Crippen molar-refractivity contribution in [3.63, 3.8) is 0 Å². The Hall–Kier alpha value is -1.09. The molecule has 17 heavy (non-hydrogen) atoms. The van der Waals surface area contributed by atoms with Crippen LogP contribution in [0, 0.1) is 11.8 Å². The Morgan fingerprint density at radius 1 is 1.35 bits per heavy atom. The number of allylic oxidation sites excluding steroid dienone is 1. The summed E-state index contributed by atoms with van der Waals surface area (Å²) in [4.78, 5) is 11.1. The van der Waals surface area contributed by atoms with Crippen molar-refractivity contribution in [2.45, 2.75) is 32.3 Å². The smallest absolute Gasteiger partial charge is 0.333 e. The SMILES string of the molecule is C=C(C)C(=O)OCCOC1CC2C=CC1CC2. The summed E-state index contributed by atoms with van der Waals surface area (Å²) in [5.41, 5.74) is 0.435. The van der Waals surface area contributed by atoms with Crippen LogP contribution in [0.4, 0.5) is 0 Å². The lowest BCUT2D eigenvalue weighted by Gasteiger charge is -2.37. The third-order valence-corrected chi connectivity index (χ3v) is 3.51. The van der Waals surface area contributed by atoms with E-state index in [-0.39, 0.29) is 5.97 Å². The molecule has 1 fully saturated rings. The highest BCUT2D eigenvalue weighted by atomic mass is 16.6. The fourth-order valence-corrected chi connectivity index (χ4v) is 2.53. The van der Waals surface area contributed by atoms with E-state index in [0.29, 0.717) is 36.7 Å². The largest absolute Gasteiger partial charge is 0.460 e. The van der Waals surface area contributed by atoms with Crippen LogP contribution in [0.15, 0.2) is 24.3 Å². The van der Waals surface area contributed by atoms with Crippen LogP contribution < -0.4 is 0 Å². The molecule has 0 aliphatic heterocycles. The molecule has 0 aromatic carbocycles. The minimum absolute atomic E-state index is 0.322. The molecule has 3 aliphatic rings. The normalized spacial score (nSPS) is 30.3. The fourth-order valence-electron chi connectivity index (χ4n) is 2.53. The lowest BCUT2D eigenvalue weighted by atomic mass is 9.74. The summed E-state index contributed by atoms with van der Waals surface area (Å²) < 4.78 is 10.8. The summed E-state index contributed by atoms with van der Waals surface area (Å²) in [7, 11) is 0. The molecule has 0 aromatic heterocycles. The Labute approximate surface area is 102 Å². The maximum atomic E-state index is 11.1. The number of hydrogen-bond acceptors (Lipinski definition) is 3. The van der Waals surface area contributed by atoms with Gasteiger partial charge in [0.05, 0.1) is 12.7 Å². The van der Waals surface area contributed by atoms with Crippen LogP contribution in [0.2, 0.25) is 0 Å². The van der Waals surface area contributed by atoms with Crippen molar-refractivity contribution >= 4 is 5.97 Å². The Morgan fingerprint density at radius 2 is 2.18 bits per heavy atom. The molecule has 0 aromatic rings. The molecule has 0 saturated heterocycles. The first kappa shape index (κ1) is 12.4. The summed E-state index contributed by atoms with van der Waals surface area (Å²) in [5.74, 6) is 0.929. The van der Waals surface area contributed by atoms with E-state index >= 15 is 0 Å². The zero-order valence-corrected chi connectivity index (χ0v) is 10.4. The van der Waals surface area contributed by atoms with Gasteiger partial charge in [-0.3, -0.25) is 0 Å². The second kappa shape index (κ2) is 5.50. The van der Waals surface area contributed by atoms with Gasteiger partial charge in [0.15, 0.2) is 0 Å². The van der Waals surface area contributed by atoms with E-state index in [1.165, 1.54) is 12.8 Å². The molecule has 0 N–H and O–H groups in total. The number of carbonyl (C=O) groups is 1. The topological polar surface area (TPSA) is 35.5 Å². The van der Waals surface area contributed by atoms with Gasteiger partial charge < -0.3 is 9.47 Å². The minimum atomic E-state index is -0.335. The number of ether oxygens (including phenoxy) is 2. The van der Waals surface area contributed by atoms with Gasteiger partial charge in [0.25, 0.3) is 0 Å². The van der Waals surface area contributed by atoms with E-state index in [1.807, 2.05) is 0 Å². The average Bonchev–Trinajstić information content (AvgIpc) is 2.35. The van der Waals surface area contributed by atoms with Crippen molar-refractivity contribution in [2.24, 2.45) is 11.8 Å². The van der Waals surface area contributed by atoms with Crippen LogP contribution in [0.5, 0.6) is 0 Å². The van der Waals surface area contributed by atoms with Crippen LogP contribution in [0.1, 0.15) is 26.2 Å². The quantitative estimate of drug-likeness (QED) is 0.318. The fraction of sp³-hybridized carbons (Fsp3) is 0.643. The van der Waals surface area contributed by atoms with Crippen molar-refractivity contribution in [2.75, 3.05) is 13.2 Å². The molecule has 94 valence electrons.